The van der Waals surface area contributed by atoms with Crippen LogP contribution in [0.3, 0.4) is 0 Å². The van der Waals surface area contributed by atoms with Crippen molar-refractivity contribution in [1.82, 2.24) is 4.98 Å². The fourth-order valence-electron chi connectivity index (χ4n) is 3.60. The van der Waals surface area contributed by atoms with Gasteiger partial charge in [0.05, 0.1) is 0 Å². The highest BCUT2D eigenvalue weighted by atomic mass is 16.2. The number of amides is 2. The SMILES string of the molecule is Cc1ccc(NC(=O)c2cc(C(=O)N3CCCc4ccccc43)ccn2)cc1C. The quantitative estimate of drug-likeness (QED) is 0.720. The van der Waals surface area contributed by atoms with Gasteiger partial charge in [0.2, 0.25) is 0 Å². The number of fused-ring (bicyclic) bond motifs is 1. The molecule has 5 nitrogen and oxygen atoms in total. The zero-order valence-electron chi connectivity index (χ0n) is 16.6. The molecule has 1 aliphatic rings. The molecule has 1 aromatic heterocycles. The largest absolute Gasteiger partial charge is 0.321 e. The summed E-state index contributed by atoms with van der Waals surface area (Å²) >= 11 is 0. The molecular formula is C24H23N3O2. The summed E-state index contributed by atoms with van der Waals surface area (Å²) in [5.74, 6) is -0.443. The molecule has 0 spiro atoms. The van der Waals surface area contributed by atoms with Crippen LogP contribution in [0.4, 0.5) is 11.4 Å². The molecule has 3 aromatic rings. The van der Waals surface area contributed by atoms with Gasteiger partial charge in [-0.1, -0.05) is 24.3 Å². The van der Waals surface area contributed by atoms with E-state index in [2.05, 4.69) is 16.4 Å². The van der Waals surface area contributed by atoms with Gasteiger partial charge in [0.1, 0.15) is 5.69 Å². The number of hydrogen-bond acceptors (Lipinski definition) is 3. The summed E-state index contributed by atoms with van der Waals surface area (Å²) < 4.78 is 0. The normalized spacial score (nSPS) is 13.0. The highest BCUT2D eigenvalue weighted by Crippen LogP contribution is 2.28. The summed E-state index contributed by atoms with van der Waals surface area (Å²) in [5.41, 5.74) is 5.78. The molecule has 0 atom stereocenters. The van der Waals surface area contributed by atoms with Crippen molar-refractivity contribution in [3.63, 3.8) is 0 Å². The highest BCUT2D eigenvalue weighted by molar-refractivity contribution is 6.09. The molecule has 0 saturated heterocycles. The van der Waals surface area contributed by atoms with E-state index >= 15 is 0 Å². The Morgan fingerprint density at radius 3 is 2.66 bits per heavy atom. The van der Waals surface area contributed by atoms with Gasteiger partial charge in [0.25, 0.3) is 11.8 Å². The number of nitrogens with one attached hydrogen (secondary N) is 1. The lowest BCUT2D eigenvalue weighted by Gasteiger charge is -2.29. The zero-order valence-corrected chi connectivity index (χ0v) is 16.6. The number of hydrogen-bond donors (Lipinski definition) is 1. The summed E-state index contributed by atoms with van der Waals surface area (Å²) in [4.78, 5) is 31.8. The third-order valence-corrected chi connectivity index (χ3v) is 5.36. The number of aryl methyl sites for hydroxylation is 3. The zero-order chi connectivity index (χ0) is 20.4. The first kappa shape index (κ1) is 18.9. The topological polar surface area (TPSA) is 62.3 Å². The molecule has 2 heterocycles. The van der Waals surface area contributed by atoms with E-state index in [1.807, 2.05) is 50.2 Å². The van der Waals surface area contributed by atoms with E-state index in [1.54, 1.807) is 17.0 Å². The summed E-state index contributed by atoms with van der Waals surface area (Å²) in [6.07, 6.45) is 3.41. The van der Waals surface area contributed by atoms with Crippen molar-refractivity contribution in [3.05, 3.63) is 88.7 Å². The van der Waals surface area contributed by atoms with Gasteiger partial charge in [-0.3, -0.25) is 14.6 Å². The van der Waals surface area contributed by atoms with E-state index in [4.69, 9.17) is 0 Å². The van der Waals surface area contributed by atoms with Crippen molar-refractivity contribution in [2.24, 2.45) is 0 Å². The molecule has 4 rings (SSSR count). The molecule has 2 amide bonds. The Morgan fingerprint density at radius 1 is 1.00 bits per heavy atom. The van der Waals surface area contributed by atoms with E-state index < -0.39 is 0 Å². The maximum absolute atomic E-state index is 13.1. The lowest BCUT2D eigenvalue weighted by molar-refractivity contribution is 0.0985. The number of carbonyl (C=O) groups excluding carboxylic acids is 2. The van der Waals surface area contributed by atoms with Gasteiger partial charge < -0.3 is 10.2 Å². The van der Waals surface area contributed by atoms with E-state index in [9.17, 15) is 9.59 Å². The highest BCUT2D eigenvalue weighted by Gasteiger charge is 2.24. The molecule has 29 heavy (non-hydrogen) atoms. The third kappa shape index (κ3) is 3.90. The molecular weight excluding hydrogens is 362 g/mol. The fraction of sp³-hybridized carbons (Fsp3) is 0.208. The smallest absolute Gasteiger partial charge is 0.274 e. The standard InChI is InChI=1S/C24H23N3O2/c1-16-9-10-20(14-17(16)2)26-23(28)21-15-19(11-12-25-21)24(29)27-13-5-7-18-6-3-4-8-22(18)27/h3-4,6,8-12,14-15H,5,7,13H2,1-2H3,(H,26,28). The van der Waals surface area contributed by atoms with Crippen LogP contribution in [-0.2, 0) is 6.42 Å². The van der Waals surface area contributed by atoms with Gasteiger partial charge in [0, 0.05) is 29.7 Å². The number of pyridine rings is 1. The Balaban J connectivity index is 1.56. The maximum atomic E-state index is 13.1. The fourth-order valence-corrected chi connectivity index (χ4v) is 3.60. The van der Waals surface area contributed by atoms with E-state index in [-0.39, 0.29) is 17.5 Å². The number of benzene rings is 2. The lowest BCUT2D eigenvalue weighted by Crippen LogP contribution is -2.35. The van der Waals surface area contributed by atoms with Crippen molar-refractivity contribution in [1.29, 1.82) is 0 Å². The van der Waals surface area contributed by atoms with Gasteiger partial charge in [-0.05, 0) is 73.7 Å². The Bertz CT molecular complexity index is 1090. The van der Waals surface area contributed by atoms with Crippen molar-refractivity contribution in [2.75, 3.05) is 16.8 Å². The van der Waals surface area contributed by atoms with Gasteiger partial charge in [-0.15, -0.1) is 0 Å². The summed E-state index contributed by atoms with van der Waals surface area (Å²) in [5, 5.41) is 2.86. The number of anilines is 2. The molecule has 2 aromatic carbocycles. The van der Waals surface area contributed by atoms with Crippen LogP contribution in [0.15, 0.2) is 60.8 Å². The van der Waals surface area contributed by atoms with Gasteiger partial charge in [0.15, 0.2) is 0 Å². The van der Waals surface area contributed by atoms with Crippen LogP contribution in [0.1, 0.15) is 44.0 Å². The molecule has 146 valence electrons. The molecule has 1 aliphatic heterocycles. The molecule has 0 bridgehead atoms. The van der Waals surface area contributed by atoms with Crippen LogP contribution in [0.25, 0.3) is 0 Å². The molecule has 0 radical (unpaired) electrons. The summed E-state index contributed by atoms with van der Waals surface area (Å²) in [7, 11) is 0. The van der Waals surface area contributed by atoms with Crippen LogP contribution in [0, 0.1) is 13.8 Å². The average Bonchev–Trinajstić information content (AvgIpc) is 2.75. The minimum atomic E-state index is -0.332. The van der Waals surface area contributed by atoms with Gasteiger partial charge in [-0.25, -0.2) is 0 Å². The molecule has 0 fully saturated rings. The Kier molecular flexibility index (Phi) is 5.12. The molecule has 0 saturated carbocycles. The molecule has 5 heteroatoms. The maximum Gasteiger partial charge on any atom is 0.274 e. The number of carbonyl (C=O) groups is 2. The van der Waals surface area contributed by atoms with Crippen LogP contribution < -0.4 is 10.2 Å². The van der Waals surface area contributed by atoms with E-state index in [1.165, 1.54) is 11.8 Å². The third-order valence-electron chi connectivity index (χ3n) is 5.36. The minimum absolute atomic E-state index is 0.111. The van der Waals surface area contributed by atoms with Crippen LogP contribution >= 0.6 is 0 Å². The predicted molar refractivity (Wildman–Crippen MR) is 115 cm³/mol. The Hall–Kier alpha value is -3.47. The van der Waals surface area contributed by atoms with Gasteiger partial charge >= 0.3 is 0 Å². The molecule has 1 N–H and O–H groups in total. The monoisotopic (exact) mass is 385 g/mol. The van der Waals surface area contributed by atoms with Crippen molar-refractivity contribution < 1.29 is 9.59 Å². The van der Waals surface area contributed by atoms with Gasteiger partial charge in [-0.2, -0.15) is 0 Å². The second-order valence-corrected chi connectivity index (χ2v) is 7.37. The molecule has 0 aliphatic carbocycles. The van der Waals surface area contributed by atoms with Crippen molar-refractivity contribution >= 4 is 23.2 Å². The number of para-hydroxylation sites is 1. The number of nitrogens with zero attached hydrogens (tertiary/aromatic N) is 2. The van der Waals surface area contributed by atoms with E-state index in [0.717, 1.165) is 29.7 Å². The predicted octanol–water partition coefficient (Wildman–Crippen LogP) is 4.54. The Morgan fingerprint density at radius 2 is 1.83 bits per heavy atom. The second kappa shape index (κ2) is 7.87. The second-order valence-electron chi connectivity index (χ2n) is 7.37. The average molecular weight is 385 g/mol. The number of aromatic nitrogens is 1. The minimum Gasteiger partial charge on any atom is -0.321 e. The van der Waals surface area contributed by atoms with Crippen LogP contribution in [-0.4, -0.2) is 23.3 Å². The summed E-state index contributed by atoms with van der Waals surface area (Å²) in [6, 6.07) is 16.9. The lowest BCUT2D eigenvalue weighted by atomic mass is 10.0. The summed E-state index contributed by atoms with van der Waals surface area (Å²) in [6.45, 7) is 4.69. The molecule has 0 unspecified atom stereocenters. The van der Waals surface area contributed by atoms with Crippen molar-refractivity contribution in [3.8, 4) is 0 Å². The number of rotatable bonds is 3. The van der Waals surface area contributed by atoms with Crippen molar-refractivity contribution in [2.45, 2.75) is 26.7 Å². The van der Waals surface area contributed by atoms with E-state index in [0.29, 0.717) is 17.8 Å². The van der Waals surface area contributed by atoms with Crippen LogP contribution in [0.5, 0.6) is 0 Å². The van der Waals surface area contributed by atoms with Crippen LogP contribution in [0.2, 0.25) is 0 Å². The first-order chi connectivity index (χ1) is 14.0. The Labute approximate surface area is 170 Å². The first-order valence-electron chi connectivity index (χ1n) is 9.77. The first-order valence-corrected chi connectivity index (χ1v) is 9.77.